The molecule has 2 atom stereocenters. The van der Waals surface area contributed by atoms with Crippen molar-refractivity contribution in [2.75, 3.05) is 85.6 Å². The van der Waals surface area contributed by atoms with Gasteiger partial charge in [0.1, 0.15) is 19.3 Å². The van der Waals surface area contributed by atoms with Gasteiger partial charge in [-0.1, -0.05) is 20.8 Å². The molecule has 2 unspecified atom stereocenters. The Bertz CT molecular complexity index is 814. The lowest BCUT2D eigenvalue weighted by atomic mass is 9.91. The van der Waals surface area contributed by atoms with Gasteiger partial charge in [-0.3, -0.25) is 19.2 Å². The zero-order chi connectivity index (χ0) is 33.0. The fourth-order valence-corrected chi connectivity index (χ4v) is 3.76. The number of unbranched alkanes of at least 4 members (excludes halogenated alkanes) is 1. The molecule has 256 valence electrons. The number of ether oxygens (including phenoxy) is 5. The van der Waals surface area contributed by atoms with Gasteiger partial charge < -0.3 is 50.1 Å². The fraction of sp³-hybridized carbons (Fsp3) is 0.828. The summed E-state index contributed by atoms with van der Waals surface area (Å²) in [4.78, 5) is 59.1. The van der Waals surface area contributed by atoms with Crippen LogP contribution in [0.5, 0.6) is 0 Å². The second-order valence-corrected chi connectivity index (χ2v) is 10.1. The number of aliphatic carboxylic acids is 1. The minimum Gasteiger partial charge on any atom is -0.480 e. The van der Waals surface area contributed by atoms with Crippen LogP contribution in [0.2, 0.25) is 0 Å². The number of carboxylic acid groups (broad SMARTS) is 1. The van der Waals surface area contributed by atoms with E-state index >= 15 is 0 Å². The summed E-state index contributed by atoms with van der Waals surface area (Å²) in [5, 5.41) is 20.3. The van der Waals surface area contributed by atoms with Crippen LogP contribution in [-0.2, 0) is 47.7 Å². The van der Waals surface area contributed by atoms with Crippen LogP contribution in [0.4, 0.5) is 0 Å². The molecule has 0 aromatic rings. The molecule has 0 aliphatic rings. The summed E-state index contributed by atoms with van der Waals surface area (Å²) in [6, 6.07) is -0.947. The predicted molar refractivity (Wildman–Crippen MR) is 161 cm³/mol. The molecule has 0 bridgehead atoms. The number of nitrogens with one attached hydrogen (secondary N) is 4. The third-order valence-corrected chi connectivity index (χ3v) is 6.14. The summed E-state index contributed by atoms with van der Waals surface area (Å²) in [5.74, 6) is -3.00. The van der Waals surface area contributed by atoms with Crippen LogP contribution in [0.15, 0.2) is 0 Å². The second kappa shape index (κ2) is 27.7. The monoisotopic (exact) mass is 634 g/mol. The first-order valence-electron chi connectivity index (χ1n) is 15.4. The van der Waals surface area contributed by atoms with Gasteiger partial charge in [-0.25, -0.2) is 4.79 Å². The largest absolute Gasteiger partial charge is 0.480 e. The van der Waals surface area contributed by atoms with E-state index in [4.69, 9.17) is 23.7 Å². The molecule has 0 aromatic carbocycles. The Morgan fingerprint density at radius 1 is 0.727 bits per heavy atom. The van der Waals surface area contributed by atoms with Crippen LogP contribution in [-0.4, -0.2) is 126 Å². The summed E-state index contributed by atoms with van der Waals surface area (Å²) in [6.45, 7) is 10.8. The molecule has 15 nitrogen and oxygen atoms in total. The van der Waals surface area contributed by atoms with Crippen LogP contribution in [0.1, 0.15) is 53.4 Å². The molecule has 0 spiro atoms. The van der Waals surface area contributed by atoms with Crippen LogP contribution in [0.3, 0.4) is 0 Å². The predicted octanol–water partition coefficient (Wildman–Crippen LogP) is -0.140. The molecule has 0 fully saturated rings. The molecule has 15 heteroatoms. The topological polar surface area (TPSA) is 200 Å². The summed E-state index contributed by atoms with van der Waals surface area (Å²) in [7, 11) is 0. The highest BCUT2D eigenvalue weighted by molar-refractivity contribution is 5.84. The minimum absolute atomic E-state index is 0.0140. The van der Waals surface area contributed by atoms with Crippen molar-refractivity contribution in [3.05, 3.63) is 0 Å². The van der Waals surface area contributed by atoms with Crippen LogP contribution < -0.4 is 21.3 Å². The second-order valence-electron chi connectivity index (χ2n) is 10.1. The maximum atomic E-state index is 12.3. The minimum atomic E-state index is -1.07. The average Bonchev–Trinajstić information content (AvgIpc) is 2.97. The van der Waals surface area contributed by atoms with E-state index in [0.717, 1.165) is 19.5 Å². The van der Waals surface area contributed by atoms with E-state index in [1.165, 1.54) is 0 Å². The lowest BCUT2D eigenvalue weighted by molar-refractivity contribution is -0.147. The lowest BCUT2D eigenvalue weighted by Gasteiger charge is -2.19. The van der Waals surface area contributed by atoms with Crippen LogP contribution >= 0.6 is 0 Å². The zero-order valence-corrected chi connectivity index (χ0v) is 26.8. The number of esters is 1. The molecule has 0 rings (SSSR count). The van der Waals surface area contributed by atoms with Crippen molar-refractivity contribution < 1.29 is 52.8 Å². The zero-order valence-electron chi connectivity index (χ0n) is 26.8. The third-order valence-electron chi connectivity index (χ3n) is 6.14. The van der Waals surface area contributed by atoms with Gasteiger partial charge in [-0.2, -0.15) is 0 Å². The molecule has 44 heavy (non-hydrogen) atoms. The van der Waals surface area contributed by atoms with E-state index < -0.39 is 29.8 Å². The molecule has 0 heterocycles. The first kappa shape index (κ1) is 41.1. The van der Waals surface area contributed by atoms with Gasteiger partial charge in [-0.05, 0) is 45.2 Å². The standard InChI is InChI=1S/C29H54N4O11/c1-5-30-10-8-7-9-24(29(38)39)33-26(35)21-43-18-16-40-13-11-31-25(34)20-42-17-15-41-14-12-32-28(37)23(22(3)4)19-27(36)44-6-2/h22-24,30H,5-21H2,1-4H3,(H,31,34)(H,32,37)(H,33,35)(H,38,39). The first-order chi connectivity index (χ1) is 21.1. The van der Waals surface area contributed by atoms with Crippen molar-refractivity contribution in [3.8, 4) is 0 Å². The fourth-order valence-electron chi connectivity index (χ4n) is 3.76. The molecule has 3 amide bonds. The molecule has 0 saturated heterocycles. The number of carboxylic acids is 1. The average molecular weight is 635 g/mol. The number of carbonyl (C=O) groups excluding carboxylic acids is 4. The van der Waals surface area contributed by atoms with Gasteiger partial charge in [0.25, 0.3) is 0 Å². The first-order valence-corrected chi connectivity index (χ1v) is 15.4. The quantitative estimate of drug-likeness (QED) is 0.0540. The summed E-state index contributed by atoms with van der Waals surface area (Å²) in [6.07, 6.45) is 1.89. The lowest BCUT2D eigenvalue weighted by Crippen LogP contribution is -2.42. The Hall–Kier alpha value is -2.85. The smallest absolute Gasteiger partial charge is 0.326 e. The van der Waals surface area contributed by atoms with E-state index in [1.807, 2.05) is 20.8 Å². The molecule has 0 aliphatic heterocycles. The van der Waals surface area contributed by atoms with Gasteiger partial charge in [0.05, 0.1) is 58.6 Å². The number of hydrogen-bond donors (Lipinski definition) is 5. The maximum absolute atomic E-state index is 12.3. The molecule has 0 saturated carbocycles. The van der Waals surface area contributed by atoms with Gasteiger partial charge in [0.15, 0.2) is 0 Å². The Morgan fingerprint density at radius 2 is 1.32 bits per heavy atom. The highest BCUT2D eigenvalue weighted by Gasteiger charge is 2.25. The molecule has 5 N–H and O–H groups in total. The Kier molecular flexibility index (Phi) is 25.9. The molecule has 0 aliphatic carbocycles. The Labute approximate surface area is 260 Å². The van der Waals surface area contributed by atoms with Crippen molar-refractivity contribution in [1.82, 2.24) is 21.3 Å². The van der Waals surface area contributed by atoms with Crippen molar-refractivity contribution in [3.63, 3.8) is 0 Å². The SMILES string of the molecule is CCNCCCCC(NC(=O)COCCOCCNC(=O)COCCOCCNC(=O)C(CC(=O)OCC)C(C)C)C(=O)O. The van der Waals surface area contributed by atoms with Crippen LogP contribution in [0, 0.1) is 11.8 Å². The molecular weight excluding hydrogens is 580 g/mol. The van der Waals surface area contributed by atoms with Gasteiger partial charge in [0, 0.05) is 13.1 Å². The summed E-state index contributed by atoms with van der Waals surface area (Å²) >= 11 is 0. The number of hydrogen-bond acceptors (Lipinski definition) is 11. The van der Waals surface area contributed by atoms with Gasteiger partial charge in [0.2, 0.25) is 17.7 Å². The van der Waals surface area contributed by atoms with Crippen molar-refractivity contribution in [2.24, 2.45) is 11.8 Å². The number of rotatable bonds is 29. The Balaban J connectivity index is 3.73. The maximum Gasteiger partial charge on any atom is 0.326 e. The number of carbonyl (C=O) groups is 5. The molecule has 0 radical (unpaired) electrons. The normalized spacial score (nSPS) is 12.4. The van der Waals surface area contributed by atoms with Crippen molar-refractivity contribution in [1.29, 1.82) is 0 Å². The summed E-state index contributed by atoms with van der Waals surface area (Å²) in [5.41, 5.74) is 0. The molecular formula is C29H54N4O11. The van der Waals surface area contributed by atoms with E-state index in [1.54, 1.807) is 6.92 Å². The van der Waals surface area contributed by atoms with Crippen molar-refractivity contribution in [2.45, 2.75) is 59.4 Å². The van der Waals surface area contributed by atoms with Gasteiger partial charge >= 0.3 is 11.9 Å². The van der Waals surface area contributed by atoms with E-state index in [2.05, 4.69) is 21.3 Å². The van der Waals surface area contributed by atoms with Crippen molar-refractivity contribution >= 4 is 29.7 Å². The highest BCUT2D eigenvalue weighted by atomic mass is 16.5. The van der Waals surface area contributed by atoms with E-state index in [9.17, 15) is 29.1 Å². The van der Waals surface area contributed by atoms with Crippen LogP contribution in [0.25, 0.3) is 0 Å². The summed E-state index contributed by atoms with van der Waals surface area (Å²) < 4.78 is 26.1. The molecule has 0 aromatic heterocycles. The third kappa shape index (κ3) is 23.6. The van der Waals surface area contributed by atoms with E-state index in [-0.39, 0.29) is 96.7 Å². The van der Waals surface area contributed by atoms with E-state index in [0.29, 0.717) is 12.8 Å². The highest BCUT2D eigenvalue weighted by Crippen LogP contribution is 2.16. The number of amides is 3. The Morgan fingerprint density at radius 3 is 1.89 bits per heavy atom. The van der Waals surface area contributed by atoms with Gasteiger partial charge in [-0.15, -0.1) is 0 Å².